The summed E-state index contributed by atoms with van der Waals surface area (Å²) in [4.78, 5) is 14.6. The highest BCUT2D eigenvalue weighted by molar-refractivity contribution is 7.92. The number of ether oxygens (including phenoxy) is 1. The van der Waals surface area contributed by atoms with Crippen molar-refractivity contribution in [2.24, 2.45) is 0 Å². The lowest BCUT2D eigenvalue weighted by molar-refractivity contribution is -0.122. The minimum absolute atomic E-state index is 0.118. The van der Waals surface area contributed by atoms with Crippen molar-refractivity contribution >= 4 is 21.7 Å². The zero-order valence-corrected chi connectivity index (χ0v) is 12.9. The highest BCUT2D eigenvalue weighted by Gasteiger charge is 2.17. The fourth-order valence-electron chi connectivity index (χ4n) is 1.60. The summed E-state index contributed by atoms with van der Waals surface area (Å²) in [6.07, 6.45) is 1.42. The van der Waals surface area contributed by atoms with Gasteiger partial charge in [0.15, 0.2) is 18.2 Å². The molecule has 1 aromatic heterocycles. The molecule has 2 aromatic rings. The Kier molecular flexibility index (Phi) is 5.12. The Labute approximate surface area is 132 Å². The third-order valence-corrected chi connectivity index (χ3v) is 4.11. The number of carbonyl (C=O) groups is 1. The molecule has 0 bridgehead atoms. The molecule has 1 heterocycles. The Bertz CT molecular complexity index is 797. The van der Waals surface area contributed by atoms with E-state index in [1.54, 1.807) is 12.1 Å². The molecule has 2 N–H and O–H groups in total. The van der Waals surface area contributed by atoms with Gasteiger partial charge in [0.2, 0.25) is 0 Å². The number of amides is 1. The summed E-state index contributed by atoms with van der Waals surface area (Å²) < 4.78 is 45.4. The van der Waals surface area contributed by atoms with Crippen LogP contribution in [0.3, 0.4) is 0 Å². The van der Waals surface area contributed by atoms with E-state index in [-0.39, 0.29) is 23.1 Å². The quantitative estimate of drug-likeness (QED) is 0.823. The van der Waals surface area contributed by atoms with Crippen LogP contribution in [0.5, 0.6) is 5.75 Å². The van der Waals surface area contributed by atoms with Crippen molar-refractivity contribution in [3.63, 3.8) is 0 Å². The molecule has 9 heteroatoms. The third-order valence-electron chi connectivity index (χ3n) is 2.76. The summed E-state index contributed by atoms with van der Waals surface area (Å²) >= 11 is 0. The molecule has 0 spiro atoms. The van der Waals surface area contributed by atoms with Gasteiger partial charge in [0.1, 0.15) is 5.82 Å². The molecular formula is C14H14FN3O4S. The molecule has 122 valence electrons. The van der Waals surface area contributed by atoms with Gasteiger partial charge in [-0.05, 0) is 30.3 Å². The lowest BCUT2D eigenvalue weighted by atomic mass is 10.3. The van der Waals surface area contributed by atoms with Gasteiger partial charge >= 0.3 is 0 Å². The SMILES string of the molecule is CNC(=O)COc1ccc(S(=O)(=O)Nc2ccccn2)cc1F. The Morgan fingerprint density at radius 2 is 2.09 bits per heavy atom. The van der Waals surface area contributed by atoms with Crippen molar-refractivity contribution in [3.05, 3.63) is 48.4 Å². The molecule has 0 atom stereocenters. The Morgan fingerprint density at radius 3 is 2.70 bits per heavy atom. The molecule has 0 aliphatic carbocycles. The molecule has 7 nitrogen and oxygen atoms in total. The molecule has 23 heavy (non-hydrogen) atoms. The van der Waals surface area contributed by atoms with Crippen molar-refractivity contribution < 1.29 is 22.3 Å². The first-order valence-corrected chi connectivity index (χ1v) is 7.97. The molecule has 1 amide bonds. The van der Waals surface area contributed by atoms with Gasteiger partial charge in [-0.25, -0.2) is 17.8 Å². The number of anilines is 1. The third kappa shape index (κ3) is 4.39. The molecular weight excluding hydrogens is 325 g/mol. The maximum Gasteiger partial charge on any atom is 0.263 e. The van der Waals surface area contributed by atoms with Gasteiger partial charge in [0.05, 0.1) is 4.90 Å². The smallest absolute Gasteiger partial charge is 0.263 e. The molecule has 0 aliphatic heterocycles. The Hall–Kier alpha value is -2.68. The zero-order valence-electron chi connectivity index (χ0n) is 12.1. The largest absolute Gasteiger partial charge is 0.481 e. The molecule has 0 radical (unpaired) electrons. The number of carbonyl (C=O) groups excluding carboxylic acids is 1. The van der Waals surface area contributed by atoms with Crippen LogP contribution in [0.2, 0.25) is 0 Å². The van der Waals surface area contributed by atoms with E-state index in [1.165, 1.54) is 25.4 Å². The van der Waals surface area contributed by atoms with Crippen molar-refractivity contribution in [2.75, 3.05) is 18.4 Å². The minimum atomic E-state index is -3.98. The number of benzene rings is 1. The van der Waals surface area contributed by atoms with Crippen molar-refractivity contribution in [3.8, 4) is 5.75 Å². The minimum Gasteiger partial charge on any atom is -0.481 e. The number of sulfonamides is 1. The topological polar surface area (TPSA) is 97.4 Å². The van der Waals surface area contributed by atoms with Crippen LogP contribution in [-0.2, 0) is 14.8 Å². The fourth-order valence-corrected chi connectivity index (χ4v) is 2.62. The normalized spacial score (nSPS) is 10.9. The number of aromatic nitrogens is 1. The van der Waals surface area contributed by atoms with Crippen LogP contribution in [0.4, 0.5) is 10.2 Å². The van der Waals surface area contributed by atoms with Gasteiger partial charge in [-0.1, -0.05) is 6.07 Å². The number of rotatable bonds is 6. The van der Waals surface area contributed by atoms with Gasteiger partial charge < -0.3 is 10.1 Å². The van der Waals surface area contributed by atoms with Crippen LogP contribution in [-0.4, -0.2) is 33.0 Å². The monoisotopic (exact) mass is 339 g/mol. The van der Waals surface area contributed by atoms with Crippen LogP contribution < -0.4 is 14.8 Å². The molecule has 0 unspecified atom stereocenters. The summed E-state index contributed by atoms with van der Waals surface area (Å²) in [6.45, 7) is -0.369. The predicted octanol–water partition coefficient (Wildman–Crippen LogP) is 1.15. The van der Waals surface area contributed by atoms with Gasteiger partial charge in [-0.15, -0.1) is 0 Å². The molecule has 2 rings (SSSR count). The first kappa shape index (κ1) is 16.7. The summed E-state index contributed by atoms with van der Waals surface area (Å²) in [5.74, 6) is -1.42. The second kappa shape index (κ2) is 7.05. The van der Waals surface area contributed by atoms with Crippen LogP contribution >= 0.6 is 0 Å². The predicted molar refractivity (Wildman–Crippen MR) is 81.0 cm³/mol. The van der Waals surface area contributed by atoms with E-state index in [9.17, 15) is 17.6 Å². The first-order valence-electron chi connectivity index (χ1n) is 6.49. The maximum atomic E-state index is 13.9. The van der Waals surface area contributed by atoms with E-state index < -0.39 is 21.7 Å². The first-order chi connectivity index (χ1) is 10.9. The van der Waals surface area contributed by atoms with E-state index in [0.29, 0.717) is 0 Å². The van der Waals surface area contributed by atoms with Crippen molar-refractivity contribution in [2.45, 2.75) is 4.90 Å². The highest BCUT2D eigenvalue weighted by Crippen LogP contribution is 2.22. The summed E-state index contributed by atoms with van der Waals surface area (Å²) in [5, 5.41) is 2.32. The second-order valence-electron chi connectivity index (χ2n) is 4.37. The average molecular weight is 339 g/mol. The molecule has 0 fully saturated rings. The average Bonchev–Trinajstić information content (AvgIpc) is 2.53. The number of likely N-dealkylation sites (N-methyl/N-ethyl adjacent to an activating group) is 1. The van der Waals surface area contributed by atoms with E-state index >= 15 is 0 Å². The van der Waals surface area contributed by atoms with E-state index in [0.717, 1.165) is 12.1 Å². The molecule has 0 saturated carbocycles. The number of halogens is 1. The zero-order chi connectivity index (χ0) is 16.9. The number of pyridine rings is 1. The fraction of sp³-hybridized carbons (Fsp3) is 0.143. The number of nitrogens with one attached hydrogen (secondary N) is 2. The van der Waals surface area contributed by atoms with Gasteiger partial charge in [-0.3, -0.25) is 9.52 Å². The van der Waals surface area contributed by atoms with Crippen molar-refractivity contribution in [1.29, 1.82) is 0 Å². The van der Waals surface area contributed by atoms with Gasteiger partial charge in [0, 0.05) is 13.2 Å². The number of hydrogen-bond donors (Lipinski definition) is 2. The molecule has 0 aliphatic rings. The standard InChI is InChI=1S/C14H14FN3O4S/c1-16-14(19)9-22-12-6-5-10(8-11(12)15)23(20,21)18-13-4-2-3-7-17-13/h2-8H,9H2,1H3,(H,16,19)(H,17,18). The van der Waals surface area contributed by atoms with Crippen LogP contribution in [0.25, 0.3) is 0 Å². The summed E-state index contributed by atoms with van der Waals surface area (Å²) in [7, 11) is -2.56. The summed E-state index contributed by atoms with van der Waals surface area (Å²) in [5.41, 5.74) is 0. The van der Waals surface area contributed by atoms with Crippen LogP contribution in [0.1, 0.15) is 0 Å². The number of nitrogens with zero attached hydrogens (tertiary/aromatic N) is 1. The summed E-state index contributed by atoms with van der Waals surface area (Å²) in [6, 6.07) is 7.84. The number of hydrogen-bond acceptors (Lipinski definition) is 5. The Balaban J connectivity index is 2.17. The second-order valence-corrected chi connectivity index (χ2v) is 6.06. The molecule has 1 aromatic carbocycles. The van der Waals surface area contributed by atoms with E-state index in [2.05, 4.69) is 15.0 Å². The molecule has 0 saturated heterocycles. The lowest BCUT2D eigenvalue weighted by Gasteiger charge is -2.10. The highest BCUT2D eigenvalue weighted by atomic mass is 32.2. The lowest BCUT2D eigenvalue weighted by Crippen LogP contribution is -2.25. The maximum absolute atomic E-state index is 13.9. The van der Waals surface area contributed by atoms with Crippen LogP contribution in [0.15, 0.2) is 47.5 Å². The Morgan fingerprint density at radius 1 is 1.30 bits per heavy atom. The van der Waals surface area contributed by atoms with Gasteiger partial charge in [-0.2, -0.15) is 0 Å². The van der Waals surface area contributed by atoms with Crippen molar-refractivity contribution in [1.82, 2.24) is 10.3 Å². The van der Waals surface area contributed by atoms with Gasteiger partial charge in [0.25, 0.3) is 15.9 Å². The van der Waals surface area contributed by atoms with E-state index in [4.69, 9.17) is 4.74 Å². The van der Waals surface area contributed by atoms with Crippen LogP contribution in [0, 0.1) is 5.82 Å². The van der Waals surface area contributed by atoms with E-state index in [1.807, 2.05) is 0 Å².